The van der Waals surface area contributed by atoms with Crippen LogP contribution in [0.25, 0.3) is 0 Å². The van der Waals surface area contributed by atoms with Crippen LogP contribution in [0.1, 0.15) is 40.0 Å². The van der Waals surface area contributed by atoms with Crippen LogP contribution in [0.2, 0.25) is 0 Å². The molecule has 23 heavy (non-hydrogen) atoms. The second kappa shape index (κ2) is 9.08. The summed E-state index contributed by atoms with van der Waals surface area (Å²) in [6.45, 7) is 9.61. The Labute approximate surface area is 138 Å². The van der Waals surface area contributed by atoms with Crippen LogP contribution in [0.5, 0.6) is 0 Å². The Morgan fingerprint density at radius 3 is 2.39 bits per heavy atom. The summed E-state index contributed by atoms with van der Waals surface area (Å²) < 4.78 is 10.5. The van der Waals surface area contributed by atoms with Gasteiger partial charge in [0.25, 0.3) is 0 Å². The minimum absolute atomic E-state index is 0.426. The lowest BCUT2D eigenvalue weighted by molar-refractivity contribution is -0.143. The lowest BCUT2D eigenvalue weighted by Crippen LogP contribution is -2.45. The van der Waals surface area contributed by atoms with Gasteiger partial charge in [0.05, 0.1) is 13.2 Å². The van der Waals surface area contributed by atoms with Crippen LogP contribution >= 0.6 is 0 Å². The molecule has 0 spiro atoms. The molecule has 0 aromatic heterocycles. The molecule has 1 fully saturated rings. The molecule has 0 saturated carbocycles. The third-order valence-corrected chi connectivity index (χ3v) is 3.74. The minimum Gasteiger partial charge on any atom is -0.480 e. The van der Waals surface area contributed by atoms with Crippen LogP contribution in [0.15, 0.2) is 0 Å². The van der Waals surface area contributed by atoms with Crippen molar-refractivity contribution in [3.63, 3.8) is 0 Å². The average Bonchev–Trinajstić information content (AvgIpc) is 2.45. The maximum atomic E-state index is 12.0. The van der Waals surface area contributed by atoms with E-state index in [4.69, 9.17) is 9.47 Å². The number of unbranched alkanes of at least 4 members (excludes halogenated alkanes) is 1. The Hall–Kier alpha value is -1.34. The molecule has 0 aliphatic carbocycles. The predicted molar refractivity (Wildman–Crippen MR) is 86.5 cm³/mol. The van der Waals surface area contributed by atoms with Crippen molar-refractivity contribution in [1.82, 2.24) is 9.80 Å². The van der Waals surface area contributed by atoms with Crippen molar-refractivity contribution in [3.05, 3.63) is 0 Å². The van der Waals surface area contributed by atoms with Crippen LogP contribution in [-0.4, -0.2) is 78.5 Å². The molecule has 0 radical (unpaired) electrons. The van der Waals surface area contributed by atoms with Crippen LogP contribution < -0.4 is 0 Å². The van der Waals surface area contributed by atoms with Gasteiger partial charge in [0.15, 0.2) is 0 Å². The van der Waals surface area contributed by atoms with Crippen molar-refractivity contribution in [2.75, 3.05) is 39.9 Å². The Morgan fingerprint density at radius 1 is 1.26 bits per heavy atom. The van der Waals surface area contributed by atoms with E-state index in [0.29, 0.717) is 6.42 Å². The topological polar surface area (TPSA) is 79.3 Å². The van der Waals surface area contributed by atoms with Gasteiger partial charge in [-0.2, -0.15) is 0 Å². The molecule has 1 aliphatic rings. The third kappa shape index (κ3) is 7.65. The number of aliphatic carboxylic acids is 1. The second-order valence-electron chi connectivity index (χ2n) is 6.90. The normalized spacial score (nSPS) is 17.6. The SMILES string of the molecule is CN(C(=O)OC(C)(C)C)[C@@H](CCCCN1CCOCC1)C(=O)O. The smallest absolute Gasteiger partial charge is 0.410 e. The molecule has 0 aromatic rings. The van der Waals surface area contributed by atoms with Gasteiger partial charge in [-0.25, -0.2) is 9.59 Å². The van der Waals surface area contributed by atoms with Gasteiger partial charge in [-0.1, -0.05) is 0 Å². The molecule has 0 aromatic carbocycles. The largest absolute Gasteiger partial charge is 0.480 e. The summed E-state index contributed by atoms with van der Waals surface area (Å²) in [5.41, 5.74) is -0.634. The zero-order valence-electron chi connectivity index (χ0n) is 14.7. The molecule has 0 unspecified atom stereocenters. The molecule has 1 heterocycles. The first-order chi connectivity index (χ1) is 10.7. The number of carbonyl (C=O) groups excluding carboxylic acids is 1. The van der Waals surface area contributed by atoms with E-state index in [-0.39, 0.29) is 0 Å². The highest BCUT2D eigenvalue weighted by Crippen LogP contribution is 2.14. The van der Waals surface area contributed by atoms with Crippen LogP contribution in [-0.2, 0) is 14.3 Å². The fourth-order valence-electron chi connectivity index (χ4n) is 2.44. The maximum Gasteiger partial charge on any atom is 0.410 e. The van der Waals surface area contributed by atoms with Crippen LogP contribution in [0.3, 0.4) is 0 Å². The van der Waals surface area contributed by atoms with E-state index >= 15 is 0 Å². The molecule has 1 saturated heterocycles. The van der Waals surface area contributed by atoms with Crippen molar-refractivity contribution in [3.8, 4) is 0 Å². The lowest BCUT2D eigenvalue weighted by atomic mass is 10.1. The van der Waals surface area contributed by atoms with Gasteiger partial charge in [0.2, 0.25) is 0 Å². The van der Waals surface area contributed by atoms with Gasteiger partial charge in [0.1, 0.15) is 11.6 Å². The minimum atomic E-state index is -0.996. The van der Waals surface area contributed by atoms with Crippen molar-refractivity contribution in [2.24, 2.45) is 0 Å². The fraction of sp³-hybridized carbons (Fsp3) is 0.875. The first kappa shape index (κ1) is 19.7. The number of nitrogens with zero attached hydrogens (tertiary/aromatic N) is 2. The Bertz CT molecular complexity index is 388. The number of likely N-dealkylation sites (N-methyl/N-ethyl adjacent to an activating group) is 1. The summed E-state index contributed by atoms with van der Waals surface area (Å²) in [7, 11) is 1.48. The highest BCUT2D eigenvalue weighted by molar-refractivity contribution is 5.79. The molecule has 1 N–H and O–H groups in total. The number of hydrogen-bond acceptors (Lipinski definition) is 5. The first-order valence-electron chi connectivity index (χ1n) is 8.19. The summed E-state index contributed by atoms with van der Waals surface area (Å²) in [4.78, 5) is 26.9. The lowest BCUT2D eigenvalue weighted by Gasteiger charge is -2.29. The Balaban J connectivity index is 2.38. The zero-order valence-corrected chi connectivity index (χ0v) is 14.7. The predicted octanol–water partition coefficient (Wildman–Crippen LogP) is 1.81. The van der Waals surface area contributed by atoms with Crippen LogP contribution in [0.4, 0.5) is 4.79 Å². The van der Waals surface area contributed by atoms with Gasteiger partial charge in [-0.3, -0.25) is 9.80 Å². The molecular weight excluding hydrogens is 300 g/mol. The standard InChI is InChI=1S/C16H30N2O5/c1-16(2,3)23-15(21)17(4)13(14(19)20)7-5-6-8-18-9-11-22-12-10-18/h13H,5-12H2,1-4H3,(H,19,20)/t13-/m0/s1. The third-order valence-electron chi connectivity index (χ3n) is 3.74. The second-order valence-corrected chi connectivity index (χ2v) is 6.90. The van der Waals surface area contributed by atoms with Gasteiger partial charge >= 0.3 is 12.1 Å². The molecule has 1 atom stereocenters. The van der Waals surface area contributed by atoms with E-state index < -0.39 is 23.7 Å². The van der Waals surface area contributed by atoms with E-state index in [9.17, 15) is 14.7 Å². The van der Waals surface area contributed by atoms with Crippen molar-refractivity contribution in [1.29, 1.82) is 0 Å². The van der Waals surface area contributed by atoms with Gasteiger partial charge < -0.3 is 14.6 Å². The Morgan fingerprint density at radius 2 is 1.87 bits per heavy atom. The number of carbonyl (C=O) groups is 2. The van der Waals surface area contributed by atoms with E-state index in [0.717, 1.165) is 45.7 Å². The number of rotatable bonds is 7. The average molecular weight is 330 g/mol. The monoisotopic (exact) mass is 330 g/mol. The molecule has 1 rings (SSSR count). The van der Waals surface area contributed by atoms with Crippen molar-refractivity contribution >= 4 is 12.1 Å². The highest BCUT2D eigenvalue weighted by Gasteiger charge is 2.29. The number of amides is 1. The highest BCUT2D eigenvalue weighted by atomic mass is 16.6. The zero-order chi connectivity index (χ0) is 17.5. The maximum absolute atomic E-state index is 12.0. The van der Waals surface area contributed by atoms with Crippen molar-refractivity contribution in [2.45, 2.75) is 51.7 Å². The number of carboxylic acid groups (broad SMARTS) is 1. The number of carboxylic acids is 1. The number of hydrogen-bond donors (Lipinski definition) is 1. The summed E-state index contributed by atoms with van der Waals surface area (Å²) in [5, 5.41) is 9.36. The first-order valence-corrected chi connectivity index (χ1v) is 8.19. The molecule has 7 nitrogen and oxygen atoms in total. The van der Waals surface area contributed by atoms with E-state index in [2.05, 4.69) is 4.90 Å². The summed E-state index contributed by atoms with van der Waals surface area (Å²) in [6.07, 6.45) is 1.49. The van der Waals surface area contributed by atoms with Gasteiger partial charge in [0, 0.05) is 20.1 Å². The molecule has 1 aliphatic heterocycles. The van der Waals surface area contributed by atoms with Gasteiger partial charge in [-0.15, -0.1) is 0 Å². The van der Waals surface area contributed by atoms with E-state index in [1.54, 1.807) is 20.8 Å². The molecule has 134 valence electrons. The fourth-order valence-corrected chi connectivity index (χ4v) is 2.44. The quantitative estimate of drug-likeness (QED) is 0.717. The molecule has 1 amide bonds. The molecule has 7 heteroatoms. The van der Waals surface area contributed by atoms with E-state index in [1.165, 1.54) is 11.9 Å². The summed E-state index contributed by atoms with van der Waals surface area (Å²) in [5.74, 6) is -0.996. The summed E-state index contributed by atoms with van der Waals surface area (Å²) in [6, 6.07) is -0.852. The number of morpholine rings is 1. The van der Waals surface area contributed by atoms with E-state index in [1.807, 2.05) is 0 Å². The van der Waals surface area contributed by atoms with Gasteiger partial charge in [-0.05, 0) is 46.6 Å². The van der Waals surface area contributed by atoms with Crippen molar-refractivity contribution < 1.29 is 24.2 Å². The molecular formula is C16H30N2O5. The molecule has 0 bridgehead atoms. The Kier molecular flexibility index (Phi) is 7.78. The summed E-state index contributed by atoms with van der Waals surface area (Å²) >= 11 is 0. The van der Waals surface area contributed by atoms with Crippen LogP contribution in [0, 0.1) is 0 Å². The number of ether oxygens (including phenoxy) is 2.